The van der Waals surface area contributed by atoms with E-state index in [4.69, 9.17) is 5.11 Å². The highest BCUT2D eigenvalue weighted by Gasteiger charge is 2.41. The summed E-state index contributed by atoms with van der Waals surface area (Å²) in [6, 6.07) is 10.2. The van der Waals surface area contributed by atoms with Gasteiger partial charge in [0.15, 0.2) is 0 Å². The van der Waals surface area contributed by atoms with Gasteiger partial charge in [-0.25, -0.2) is 0 Å². The van der Waals surface area contributed by atoms with E-state index in [2.05, 4.69) is 32.6 Å². The van der Waals surface area contributed by atoms with Crippen molar-refractivity contribution in [1.29, 1.82) is 0 Å². The Bertz CT molecular complexity index is 497. The van der Waals surface area contributed by atoms with Gasteiger partial charge in [0.25, 0.3) is 0 Å². The van der Waals surface area contributed by atoms with Gasteiger partial charge in [-0.15, -0.1) is 0 Å². The summed E-state index contributed by atoms with van der Waals surface area (Å²) in [5, 5.41) is 9.13. The molecule has 1 N–H and O–H groups in total. The zero-order chi connectivity index (χ0) is 14.8. The molecule has 1 aliphatic heterocycles. The molecule has 20 heavy (non-hydrogen) atoms. The van der Waals surface area contributed by atoms with Crippen LogP contribution in [0.3, 0.4) is 0 Å². The highest BCUT2D eigenvalue weighted by Crippen LogP contribution is 2.40. The molecule has 2 atom stereocenters. The Balaban J connectivity index is 2.11. The van der Waals surface area contributed by atoms with E-state index in [0.29, 0.717) is 12.8 Å². The lowest BCUT2D eigenvalue weighted by Crippen LogP contribution is -2.30. The lowest BCUT2D eigenvalue weighted by molar-refractivity contribution is -0.129. The van der Waals surface area contributed by atoms with E-state index in [1.165, 1.54) is 0 Å². The Morgan fingerprint density at radius 2 is 2.10 bits per heavy atom. The quantitative estimate of drug-likeness (QED) is 0.838. The second-order valence-corrected chi connectivity index (χ2v) is 6.18. The second-order valence-electron chi connectivity index (χ2n) is 6.18. The Hall–Kier alpha value is -1.61. The zero-order valence-electron chi connectivity index (χ0n) is 12.3. The van der Waals surface area contributed by atoms with Gasteiger partial charge in [-0.2, -0.15) is 0 Å². The third-order valence-electron chi connectivity index (χ3n) is 4.10. The van der Waals surface area contributed by atoms with Gasteiger partial charge in [0.1, 0.15) is 0 Å². The number of amides is 1. The Kier molecular flexibility index (Phi) is 4.29. The minimum atomic E-state index is -0.111. The van der Waals surface area contributed by atoms with Crippen LogP contribution in [0.2, 0.25) is 0 Å². The maximum atomic E-state index is 12.3. The number of rotatable bonds is 5. The Labute approximate surface area is 120 Å². The molecular weight excluding hydrogens is 250 g/mol. The lowest BCUT2D eigenvalue weighted by Gasteiger charge is -2.28. The molecule has 0 aliphatic carbocycles. The van der Waals surface area contributed by atoms with Crippen molar-refractivity contribution in [3.63, 3.8) is 0 Å². The molecule has 0 saturated carbocycles. The maximum Gasteiger partial charge on any atom is 0.223 e. The van der Waals surface area contributed by atoms with E-state index in [1.807, 2.05) is 23.1 Å². The van der Waals surface area contributed by atoms with Crippen LogP contribution in [0, 0.1) is 5.41 Å². The molecule has 0 aromatic heterocycles. The summed E-state index contributed by atoms with van der Waals surface area (Å²) in [5.74, 6) is 0.189. The normalized spacial score (nSPS) is 23.9. The predicted octanol–water partition coefficient (Wildman–Crippen LogP) is 2.92. The van der Waals surface area contributed by atoms with Crippen molar-refractivity contribution in [3.05, 3.63) is 48.0 Å². The number of benzene rings is 1. The molecule has 2 rings (SSSR count). The average Bonchev–Trinajstić information content (AvgIpc) is 2.73. The second kappa shape index (κ2) is 5.80. The van der Waals surface area contributed by atoms with Gasteiger partial charge < -0.3 is 10.0 Å². The third kappa shape index (κ3) is 3.10. The van der Waals surface area contributed by atoms with Crippen LogP contribution in [-0.4, -0.2) is 29.1 Å². The largest absolute Gasteiger partial charge is 0.392 e. The minimum absolute atomic E-state index is 0.00196. The number of hydrogen-bond donors (Lipinski definition) is 1. The van der Waals surface area contributed by atoms with Crippen LogP contribution >= 0.6 is 0 Å². The lowest BCUT2D eigenvalue weighted by atomic mass is 9.83. The van der Waals surface area contributed by atoms with Crippen LogP contribution < -0.4 is 0 Å². The van der Waals surface area contributed by atoms with E-state index in [-0.39, 0.29) is 24.0 Å². The van der Waals surface area contributed by atoms with Crippen LogP contribution in [0.15, 0.2) is 42.5 Å². The molecule has 1 fully saturated rings. The highest BCUT2D eigenvalue weighted by molar-refractivity contribution is 5.80. The number of aliphatic hydroxyl groups excluding tert-OH is 1. The zero-order valence-corrected chi connectivity index (χ0v) is 12.3. The van der Waals surface area contributed by atoms with Crippen LogP contribution in [0.25, 0.3) is 0 Å². The van der Waals surface area contributed by atoms with E-state index < -0.39 is 0 Å². The van der Waals surface area contributed by atoms with Gasteiger partial charge >= 0.3 is 0 Å². The van der Waals surface area contributed by atoms with Crippen LogP contribution in [-0.2, 0) is 4.79 Å². The first-order chi connectivity index (χ1) is 9.45. The minimum Gasteiger partial charge on any atom is -0.392 e. The first-order valence-corrected chi connectivity index (χ1v) is 7.07. The molecular formula is C17H23NO2. The first-order valence-electron chi connectivity index (χ1n) is 7.07. The molecule has 0 radical (unpaired) electrons. The SMILES string of the molecule is C=C(CO)C[C@]1(C)CC(=O)N([C@H](C)c2ccccc2)C1. The highest BCUT2D eigenvalue weighted by atomic mass is 16.3. The average molecular weight is 273 g/mol. The molecule has 1 aliphatic rings. The van der Waals surface area contributed by atoms with Crippen LogP contribution in [0.4, 0.5) is 0 Å². The summed E-state index contributed by atoms with van der Waals surface area (Å²) in [6.07, 6.45) is 1.23. The van der Waals surface area contributed by atoms with Gasteiger partial charge in [0, 0.05) is 13.0 Å². The van der Waals surface area contributed by atoms with E-state index in [1.54, 1.807) is 0 Å². The van der Waals surface area contributed by atoms with Crippen LogP contribution in [0.5, 0.6) is 0 Å². The number of hydrogen-bond acceptors (Lipinski definition) is 2. The van der Waals surface area contributed by atoms with Crippen molar-refractivity contribution in [2.24, 2.45) is 5.41 Å². The smallest absolute Gasteiger partial charge is 0.223 e. The molecule has 1 amide bonds. The Morgan fingerprint density at radius 3 is 2.70 bits per heavy atom. The topological polar surface area (TPSA) is 40.5 Å². The van der Waals surface area contributed by atoms with Crippen molar-refractivity contribution >= 4 is 5.91 Å². The fourth-order valence-corrected chi connectivity index (χ4v) is 3.06. The molecule has 3 nitrogen and oxygen atoms in total. The molecule has 0 spiro atoms. The summed E-state index contributed by atoms with van der Waals surface area (Å²) < 4.78 is 0. The summed E-state index contributed by atoms with van der Waals surface area (Å²) in [7, 11) is 0. The van der Waals surface area contributed by atoms with Crippen molar-refractivity contribution in [3.8, 4) is 0 Å². The molecule has 1 aromatic carbocycles. The molecule has 108 valence electrons. The summed E-state index contributed by atoms with van der Waals surface area (Å²) in [4.78, 5) is 14.3. The Morgan fingerprint density at radius 1 is 1.45 bits per heavy atom. The van der Waals surface area contributed by atoms with E-state index >= 15 is 0 Å². The van der Waals surface area contributed by atoms with Crippen molar-refractivity contribution in [1.82, 2.24) is 4.90 Å². The molecule has 0 bridgehead atoms. The molecule has 1 aromatic rings. The molecule has 1 saturated heterocycles. The van der Waals surface area contributed by atoms with Gasteiger partial charge in [-0.05, 0) is 24.3 Å². The standard InChI is InChI=1S/C17H23NO2/c1-13(11-19)9-17(3)10-16(20)18(12-17)14(2)15-7-5-4-6-8-15/h4-8,14,19H,1,9-12H2,2-3H3/t14-,17-/m1/s1. The molecule has 1 heterocycles. The predicted molar refractivity (Wildman–Crippen MR) is 80.1 cm³/mol. The van der Waals surface area contributed by atoms with Crippen molar-refractivity contribution in [2.75, 3.05) is 13.2 Å². The molecule has 3 heteroatoms. The fourth-order valence-electron chi connectivity index (χ4n) is 3.06. The first kappa shape index (κ1) is 14.8. The van der Waals surface area contributed by atoms with Gasteiger partial charge in [-0.3, -0.25) is 4.79 Å². The monoisotopic (exact) mass is 273 g/mol. The third-order valence-corrected chi connectivity index (χ3v) is 4.10. The van der Waals surface area contributed by atoms with E-state index in [0.717, 1.165) is 17.7 Å². The number of nitrogens with zero attached hydrogens (tertiary/aromatic N) is 1. The van der Waals surface area contributed by atoms with E-state index in [9.17, 15) is 4.79 Å². The van der Waals surface area contributed by atoms with Gasteiger partial charge in [0.2, 0.25) is 5.91 Å². The van der Waals surface area contributed by atoms with Gasteiger partial charge in [0.05, 0.1) is 12.6 Å². The fraction of sp³-hybridized carbons (Fsp3) is 0.471. The number of aliphatic hydroxyl groups is 1. The summed E-state index contributed by atoms with van der Waals surface area (Å²) in [6.45, 7) is 8.75. The summed E-state index contributed by atoms with van der Waals surface area (Å²) in [5.41, 5.74) is 1.85. The number of likely N-dealkylation sites (tertiary alicyclic amines) is 1. The number of carbonyl (C=O) groups excluding carboxylic acids is 1. The number of carbonyl (C=O) groups is 1. The van der Waals surface area contributed by atoms with Gasteiger partial charge in [-0.1, -0.05) is 49.4 Å². The van der Waals surface area contributed by atoms with Crippen molar-refractivity contribution < 1.29 is 9.90 Å². The van der Waals surface area contributed by atoms with Crippen molar-refractivity contribution in [2.45, 2.75) is 32.7 Å². The maximum absolute atomic E-state index is 12.3. The molecule has 0 unspecified atom stereocenters. The summed E-state index contributed by atoms with van der Waals surface area (Å²) >= 11 is 0. The van der Waals surface area contributed by atoms with Crippen LogP contribution in [0.1, 0.15) is 38.3 Å².